The Morgan fingerprint density at radius 2 is 1.94 bits per heavy atom. The van der Waals surface area contributed by atoms with Gasteiger partial charge in [0.05, 0.1) is 11.8 Å². The Labute approximate surface area is 110 Å². The summed E-state index contributed by atoms with van der Waals surface area (Å²) in [6, 6.07) is 0.576. The second-order valence-corrected chi connectivity index (χ2v) is 5.96. The largest absolute Gasteiger partial charge is 0.389 e. The number of aliphatic hydroxyl groups is 1. The molecule has 0 aliphatic carbocycles. The fourth-order valence-electron chi connectivity index (χ4n) is 1.54. The van der Waals surface area contributed by atoms with Crippen molar-refractivity contribution in [2.45, 2.75) is 59.2 Å². The van der Waals surface area contributed by atoms with Gasteiger partial charge < -0.3 is 10.4 Å². The van der Waals surface area contributed by atoms with Crippen molar-refractivity contribution in [2.24, 2.45) is 5.92 Å². The van der Waals surface area contributed by atoms with E-state index >= 15 is 0 Å². The van der Waals surface area contributed by atoms with Crippen LogP contribution in [0.3, 0.4) is 0 Å². The minimum atomic E-state index is -0.678. The number of hydrogen-bond acceptors (Lipinski definition) is 3. The molecule has 4 heteroatoms. The number of hydrogen-bond donors (Lipinski definition) is 2. The van der Waals surface area contributed by atoms with Gasteiger partial charge in [-0.2, -0.15) is 5.10 Å². The van der Waals surface area contributed by atoms with Gasteiger partial charge in [0.1, 0.15) is 0 Å². The summed E-state index contributed by atoms with van der Waals surface area (Å²) in [7, 11) is 0. The predicted octanol–water partition coefficient (Wildman–Crippen LogP) is 2.52. The maximum atomic E-state index is 10.2. The molecule has 0 bridgehead atoms. The zero-order valence-corrected chi connectivity index (χ0v) is 12.4. The zero-order chi connectivity index (χ0) is 13.9. The van der Waals surface area contributed by atoms with Crippen molar-refractivity contribution < 1.29 is 5.11 Å². The van der Waals surface area contributed by atoms with E-state index in [1.807, 2.05) is 31.6 Å². The van der Waals surface area contributed by atoms with Crippen molar-refractivity contribution in [3.63, 3.8) is 0 Å². The molecule has 18 heavy (non-hydrogen) atoms. The van der Waals surface area contributed by atoms with E-state index in [2.05, 4.69) is 37.4 Å². The van der Waals surface area contributed by atoms with E-state index in [-0.39, 0.29) is 12.0 Å². The van der Waals surface area contributed by atoms with Crippen LogP contribution in [0, 0.1) is 5.92 Å². The Hall–Kier alpha value is -0.870. The van der Waals surface area contributed by atoms with Crippen molar-refractivity contribution in [3.05, 3.63) is 18.0 Å². The third-order valence-corrected chi connectivity index (χ3v) is 3.66. The molecular weight excluding hydrogens is 226 g/mol. The highest BCUT2D eigenvalue weighted by Gasteiger charge is 2.25. The topological polar surface area (TPSA) is 50.1 Å². The van der Waals surface area contributed by atoms with Crippen LogP contribution in [0.2, 0.25) is 0 Å². The maximum absolute atomic E-state index is 10.2. The normalized spacial score (nSPS) is 17.2. The van der Waals surface area contributed by atoms with Crippen molar-refractivity contribution in [1.29, 1.82) is 0 Å². The maximum Gasteiger partial charge on any atom is 0.0766 e. The highest BCUT2D eigenvalue weighted by Crippen LogP contribution is 2.18. The van der Waals surface area contributed by atoms with Crippen LogP contribution in [0.15, 0.2) is 12.4 Å². The van der Waals surface area contributed by atoms with E-state index in [0.717, 1.165) is 5.56 Å². The van der Waals surface area contributed by atoms with Crippen LogP contribution in [0.1, 0.15) is 59.2 Å². The Morgan fingerprint density at radius 3 is 2.39 bits per heavy atom. The Balaban J connectivity index is 2.57. The third kappa shape index (κ3) is 3.82. The molecule has 0 saturated heterocycles. The van der Waals surface area contributed by atoms with Gasteiger partial charge in [-0.1, -0.05) is 13.8 Å². The molecule has 0 saturated carbocycles. The van der Waals surface area contributed by atoms with Gasteiger partial charge in [0, 0.05) is 30.4 Å². The molecule has 0 radical (unpaired) electrons. The van der Waals surface area contributed by atoms with Crippen molar-refractivity contribution in [2.75, 3.05) is 6.54 Å². The van der Waals surface area contributed by atoms with Crippen LogP contribution >= 0.6 is 0 Å². The minimum Gasteiger partial charge on any atom is -0.389 e. The molecular formula is C14H27N3O. The lowest BCUT2D eigenvalue weighted by Gasteiger charge is -2.29. The summed E-state index contributed by atoms with van der Waals surface area (Å²) in [5, 5.41) is 17.9. The van der Waals surface area contributed by atoms with Crippen molar-refractivity contribution in [3.8, 4) is 0 Å². The summed E-state index contributed by atoms with van der Waals surface area (Å²) < 4.78 is 1.95. The molecule has 0 amide bonds. The van der Waals surface area contributed by atoms with Crippen LogP contribution in [0.25, 0.3) is 0 Å². The van der Waals surface area contributed by atoms with Crippen molar-refractivity contribution >= 4 is 0 Å². The predicted molar refractivity (Wildman–Crippen MR) is 74.5 cm³/mol. The first-order chi connectivity index (χ1) is 8.24. The molecule has 2 unspecified atom stereocenters. The van der Waals surface area contributed by atoms with Gasteiger partial charge in [0.15, 0.2) is 0 Å². The summed E-state index contributed by atoms with van der Waals surface area (Å²) >= 11 is 0. The Kier molecular flexibility index (Phi) is 4.93. The highest BCUT2D eigenvalue weighted by molar-refractivity contribution is 5.09. The number of nitrogens with zero attached hydrogens (tertiary/aromatic N) is 2. The van der Waals surface area contributed by atoms with Crippen LogP contribution in [0.4, 0.5) is 0 Å². The van der Waals surface area contributed by atoms with E-state index in [9.17, 15) is 5.11 Å². The summed E-state index contributed by atoms with van der Waals surface area (Å²) in [4.78, 5) is 0. The zero-order valence-electron chi connectivity index (χ0n) is 12.4. The lowest BCUT2D eigenvalue weighted by molar-refractivity contribution is 0.0122. The molecule has 0 fully saturated rings. The average Bonchev–Trinajstić information content (AvgIpc) is 2.75. The number of nitrogens with one attached hydrogen (secondary N) is 1. The molecule has 0 spiro atoms. The Morgan fingerprint density at radius 1 is 1.33 bits per heavy atom. The van der Waals surface area contributed by atoms with E-state index in [1.54, 1.807) is 0 Å². The van der Waals surface area contributed by atoms with Gasteiger partial charge in [-0.15, -0.1) is 0 Å². The molecule has 1 aromatic heterocycles. The minimum absolute atomic E-state index is 0.197. The first-order valence-corrected chi connectivity index (χ1v) is 6.74. The summed E-state index contributed by atoms with van der Waals surface area (Å²) in [6.45, 7) is 12.8. The Bertz CT molecular complexity index is 369. The van der Waals surface area contributed by atoms with Gasteiger partial charge in [0.25, 0.3) is 0 Å². The fourth-order valence-corrected chi connectivity index (χ4v) is 1.54. The van der Waals surface area contributed by atoms with Gasteiger partial charge >= 0.3 is 0 Å². The molecule has 2 N–H and O–H groups in total. The smallest absolute Gasteiger partial charge is 0.0766 e. The second kappa shape index (κ2) is 5.85. The SMILES string of the molecule is CC(NCC(C)(O)C(C)C)c1cnn(C(C)C)c1. The second-order valence-electron chi connectivity index (χ2n) is 5.96. The molecule has 1 rings (SSSR count). The average molecular weight is 253 g/mol. The highest BCUT2D eigenvalue weighted by atomic mass is 16.3. The van der Waals surface area contributed by atoms with Gasteiger partial charge in [-0.3, -0.25) is 4.68 Å². The number of rotatable bonds is 6. The monoisotopic (exact) mass is 253 g/mol. The standard InChI is InChI=1S/C14H27N3O/c1-10(2)14(6,18)9-15-12(5)13-7-16-17(8-13)11(3)4/h7-8,10-12,15,18H,9H2,1-6H3. The summed E-state index contributed by atoms with van der Waals surface area (Å²) in [6.07, 6.45) is 3.95. The molecule has 1 aromatic rings. The molecule has 0 aliphatic heterocycles. The van der Waals surface area contributed by atoms with E-state index in [0.29, 0.717) is 12.6 Å². The van der Waals surface area contributed by atoms with Gasteiger partial charge in [0.2, 0.25) is 0 Å². The molecule has 2 atom stereocenters. The van der Waals surface area contributed by atoms with E-state index in [1.165, 1.54) is 0 Å². The summed E-state index contributed by atoms with van der Waals surface area (Å²) in [5.74, 6) is 0.232. The lowest BCUT2D eigenvalue weighted by Crippen LogP contribution is -2.42. The molecule has 1 heterocycles. The first-order valence-electron chi connectivity index (χ1n) is 6.74. The van der Waals surface area contributed by atoms with Crippen LogP contribution in [-0.2, 0) is 0 Å². The quantitative estimate of drug-likeness (QED) is 0.819. The van der Waals surface area contributed by atoms with Crippen LogP contribution < -0.4 is 5.32 Å². The van der Waals surface area contributed by atoms with Gasteiger partial charge in [-0.05, 0) is 33.6 Å². The van der Waals surface area contributed by atoms with Crippen molar-refractivity contribution in [1.82, 2.24) is 15.1 Å². The fraction of sp³-hybridized carbons (Fsp3) is 0.786. The van der Waals surface area contributed by atoms with E-state index in [4.69, 9.17) is 0 Å². The lowest BCUT2D eigenvalue weighted by atomic mass is 9.92. The van der Waals surface area contributed by atoms with Crippen LogP contribution in [-0.4, -0.2) is 27.0 Å². The first kappa shape index (κ1) is 15.2. The molecule has 104 valence electrons. The van der Waals surface area contributed by atoms with Gasteiger partial charge in [-0.25, -0.2) is 0 Å². The number of aromatic nitrogens is 2. The molecule has 0 aromatic carbocycles. The third-order valence-electron chi connectivity index (χ3n) is 3.66. The van der Waals surface area contributed by atoms with Crippen LogP contribution in [0.5, 0.6) is 0 Å². The molecule has 0 aliphatic rings. The summed E-state index contributed by atoms with van der Waals surface area (Å²) in [5.41, 5.74) is 0.478. The van der Waals surface area contributed by atoms with E-state index < -0.39 is 5.60 Å². The molecule has 4 nitrogen and oxygen atoms in total.